The lowest BCUT2D eigenvalue weighted by Gasteiger charge is -2.32. The molecule has 16 heavy (non-hydrogen) atoms. The van der Waals surface area contributed by atoms with Crippen molar-refractivity contribution in [3.8, 4) is 0 Å². The van der Waals surface area contributed by atoms with E-state index in [0.29, 0.717) is 6.04 Å². The summed E-state index contributed by atoms with van der Waals surface area (Å²) in [5.41, 5.74) is 7.47. The molecular formula is C14H22N2. The van der Waals surface area contributed by atoms with Crippen molar-refractivity contribution in [3.05, 3.63) is 35.9 Å². The van der Waals surface area contributed by atoms with Crippen molar-refractivity contribution in [2.24, 2.45) is 5.73 Å². The predicted octanol–water partition coefficient (Wildman–Crippen LogP) is 2.61. The highest BCUT2D eigenvalue weighted by atomic mass is 15.0. The van der Waals surface area contributed by atoms with Crippen molar-refractivity contribution in [2.75, 3.05) is 6.54 Å². The van der Waals surface area contributed by atoms with Crippen LogP contribution in [0.3, 0.4) is 0 Å². The average Bonchev–Trinajstić information content (AvgIpc) is 2.79. The summed E-state index contributed by atoms with van der Waals surface area (Å²) in [6.45, 7) is 2.98. The van der Waals surface area contributed by atoms with Crippen LogP contribution in [0.15, 0.2) is 30.3 Å². The number of hydrogen-bond donors (Lipinski definition) is 2. The summed E-state index contributed by atoms with van der Waals surface area (Å²) in [6.07, 6.45) is 5.07. The van der Waals surface area contributed by atoms with Crippen LogP contribution in [0.5, 0.6) is 0 Å². The van der Waals surface area contributed by atoms with E-state index in [4.69, 9.17) is 5.73 Å². The van der Waals surface area contributed by atoms with Crippen LogP contribution in [0.2, 0.25) is 0 Å². The first kappa shape index (κ1) is 11.6. The molecule has 0 aromatic heterocycles. The largest absolute Gasteiger partial charge is 0.329 e. The predicted molar refractivity (Wildman–Crippen MR) is 68.2 cm³/mol. The monoisotopic (exact) mass is 218 g/mol. The molecular weight excluding hydrogens is 196 g/mol. The molecule has 1 aliphatic carbocycles. The summed E-state index contributed by atoms with van der Waals surface area (Å²) in [6, 6.07) is 11.0. The molecule has 0 heterocycles. The third-order valence-electron chi connectivity index (χ3n) is 3.77. The summed E-state index contributed by atoms with van der Waals surface area (Å²) < 4.78 is 0. The van der Waals surface area contributed by atoms with E-state index < -0.39 is 0 Å². The second kappa shape index (κ2) is 4.98. The van der Waals surface area contributed by atoms with E-state index in [1.54, 1.807) is 0 Å². The Balaban J connectivity index is 2.03. The van der Waals surface area contributed by atoms with E-state index in [2.05, 4.69) is 42.6 Å². The molecule has 0 radical (unpaired) electrons. The van der Waals surface area contributed by atoms with Crippen LogP contribution in [-0.4, -0.2) is 12.1 Å². The molecule has 88 valence electrons. The quantitative estimate of drug-likeness (QED) is 0.815. The van der Waals surface area contributed by atoms with Gasteiger partial charge in [-0.2, -0.15) is 0 Å². The molecule has 3 N–H and O–H groups in total. The van der Waals surface area contributed by atoms with Crippen molar-refractivity contribution in [1.29, 1.82) is 0 Å². The molecule has 0 bridgehead atoms. The minimum Gasteiger partial charge on any atom is -0.329 e. The van der Waals surface area contributed by atoms with E-state index >= 15 is 0 Å². The standard InChI is InChI=1S/C14H22N2/c1-12(13-7-3-2-4-8-13)16-14(11-15)9-5-6-10-14/h2-4,7-8,12,16H,5-6,9-11,15H2,1H3/t12-/m1/s1. The number of nitrogens with two attached hydrogens (primary N) is 1. The topological polar surface area (TPSA) is 38.0 Å². The number of hydrogen-bond acceptors (Lipinski definition) is 2. The number of nitrogens with one attached hydrogen (secondary N) is 1. The maximum atomic E-state index is 5.93. The SMILES string of the molecule is C[C@@H](NC1(CN)CCCC1)c1ccccc1. The molecule has 2 heteroatoms. The van der Waals surface area contributed by atoms with Gasteiger partial charge in [0.1, 0.15) is 0 Å². The molecule has 1 aliphatic rings. The second-order valence-electron chi connectivity index (χ2n) is 4.97. The van der Waals surface area contributed by atoms with Gasteiger partial charge in [-0.1, -0.05) is 43.2 Å². The van der Waals surface area contributed by atoms with Gasteiger partial charge < -0.3 is 11.1 Å². The van der Waals surface area contributed by atoms with Gasteiger partial charge in [-0.15, -0.1) is 0 Å². The van der Waals surface area contributed by atoms with Gasteiger partial charge in [0, 0.05) is 18.1 Å². The van der Waals surface area contributed by atoms with Crippen LogP contribution in [0, 0.1) is 0 Å². The van der Waals surface area contributed by atoms with Gasteiger partial charge in [0.05, 0.1) is 0 Å². The first-order valence-corrected chi connectivity index (χ1v) is 6.28. The second-order valence-corrected chi connectivity index (χ2v) is 4.97. The zero-order chi connectivity index (χ0) is 11.4. The fourth-order valence-electron chi connectivity index (χ4n) is 2.74. The van der Waals surface area contributed by atoms with Crippen LogP contribution in [0.25, 0.3) is 0 Å². The van der Waals surface area contributed by atoms with Crippen molar-refractivity contribution < 1.29 is 0 Å². The third kappa shape index (κ3) is 2.45. The van der Waals surface area contributed by atoms with E-state index in [9.17, 15) is 0 Å². The van der Waals surface area contributed by atoms with Crippen LogP contribution in [0.4, 0.5) is 0 Å². The fourth-order valence-corrected chi connectivity index (χ4v) is 2.74. The smallest absolute Gasteiger partial charge is 0.0309 e. The average molecular weight is 218 g/mol. The summed E-state index contributed by atoms with van der Waals surface area (Å²) in [5, 5.41) is 3.73. The van der Waals surface area contributed by atoms with Gasteiger partial charge in [-0.05, 0) is 25.3 Å². The molecule has 0 amide bonds. The van der Waals surface area contributed by atoms with Crippen LogP contribution < -0.4 is 11.1 Å². The van der Waals surface area contributed by atoms with Crippen LogP contribution >= 0.6 is 0 Å². The maximum Gasteiger partial charge on any atom is 0.0309 e. The molecule has 1 fully saturated rings. The molecule has 1 aromatic rings. The van der Waals surface area contributed by atoms with Gasteiger partial charge in [0.25, 0.3) is 0 Å². The zero-order valence-electron chi connectivity index (χ0n) is 10.1. The fraction of sp³-hybridized carbons (Fsp3) is 0.571. The van der Waals surface area contributed by atoms with Crippen molar-refractivity contribution in [1.82, 2.24) is 5.32 Å². The zero-order valence-corrected chi connectivity index (χ0v) is 10.1. The van der Waals surface area contributed by atoms with Gasteiger partial charge in [0.2, 0.25) is 0 Å². The molecule has 2 nitrogen and oxygen atoms in total. The van der Waals surface area contributed by atoms with Crippen molar-refractivity contribution in [2.45, 2.75) is 44.2 Å². The van der Waals surface area contributed by atoms with Crippen molar-refractivity contribution in [3.63, 3.8) is 0 Å². The Labute approximate surface area is 98.2 Å². The Morgan fingerprint density at radius 1 is 1.25 bits per heavy atom. The van der Waals surface area contributed by atoms with Gasteiger partial charge in [-0.3, -0.25) is 0 Å². The number of rotatable bonds is 4. The lowest BCUT2D eigenvalue weighted by molar-refractivity contribution is 0.307. The molecule has 1 saturated carbocycles. The van der Waals surface area contributed by atoms with E-state index in [-0.39, 0.29) is 5.54 Å². The Hall–Kier alpha value is -0.860. The summed E-state index contributed by atoms with van der Waals surface area (Å²) in [5.74, 6) is 0. The van der Waals surface area contributed by atoms with E-state index in [0.717, 1.165) is 6.54 Å². The first-order chi connectivity index (χ1) is 7.76. The maximum absolute atomic E-state index is 5.93. The normalized spacial score (nSPS) is 20.9. The Kier molecular flexibility index (Phi) is 3.62. The lowest BCUT2D eigenvalue weighted by Crippen LogP contribution is -2.49. The Bertz CT molecular complexity index is 315. The highest BCUT2D eigenvalue weighted by Gasteiger charge is 2.33. The number of benzene rings is 1. The first-order valence-electron chi connectivity index (χ1n) is 6.28. The van der Waals surface area contributed by atoms with E-state index in [1.165, 1.54) is 31.2 Å². The van der Waals surface area contributed by atoms with Gasteiger partial charge in [0.15, 0.2) is 0 Å². The Morgan fingerprint density at radius 2 is 1.88 bits per heavy atom. The van der Waals surface area contributed by atoms with E-state index in [1.807, 2.05) is 0 Å². The third-order valence-corrected chi connectivity index (χ3v) is 3.77. The minimum atomic E-state index is 0.190. The summed E-state index contributed by atoms with van der Waals surface area (Å²) in [4.78, 5) is 0. The highest BCUT2D eigenvalue weighted by molar-refractivity contribution is 5.19. The molecule has 2 rings (SSSR count). The lowest BCUT2D eigenvalue weighted by atomic mass is 9.95. The van der Waals surface area contributed by atoms with Crippen LogP contribution in [0.1, 0.15) is 44.2 Å². The molecule has 0 spiro atoms. The molecule has 1 aromatic carbocycles. The highest BCUT2D eigenvalue weighted by Crippen LogP contribution is 2.31. The van der Waals surface area contributed by atoms with Crippen molar-refractivity contribution >= 4 is 0 Å². The molecule has 0 saturated heterocycles. The van der Waals surface area contributed by atoms with Crippen LogP contribution in [-0.2, 0) is 0 Å². The molecule has 0 aliphatic heterocycles. The Morgan fingerprint density at radius 3 is 2.44 bits per heavy atom. The van der Waals surface area contributed by atoms with Gasteiger partial charge in [-0.25, -0.2) is 0 Å². The molecule has 0 unspecified atom stereocenters. The minimum absolute atomic E-state index is 0.190. The van der Waals surface area contributed by atoms with Gasteiger partial charge >= 0.3 is 0 Å². The summed E-state index contributed by atoms with van der Waals surface area (Å²) in [7, 11) is 0. The summed E-state index contributed by atoms with van der Waals surface area (Å²) >= 11 is 0. The molecule has 1 atom stereocenters.